The summed E-state index contributed by atoms with van der Waals surface area (Å²) in [5, 5.41) is 18.9. The Morgan fingerprint density at radius 2 is 1.85 bits per heavy atom. The van der Waals surface area contributed by atoms with Crippen LogP contribution in [0.2, 0.25) is 0 Å². The number of benzene rings is 1. The number of nitrogens with two attached hydrogens (primary N) is 1. The van der Waals surface area contributed by atoms with Crippen molar-refractivity contribution in [1.82, 2.24) is 39.2 Å². The topological polar surface area (TPSA) is 136 Å². The van der Waals surface area contributed by atoms with Crippen molar-refractivity contribution in [2.45, 2.75) is 6.42 Å². The maximum absolute atomic E-state index is 9.68. The summed E-state index contributed by atoms with van der Waals surface area (Å²) < 4.78 is 3.50. The van der Waals surface area contributed by atoms with Gasteiger partial charge in [-0.05, 0) is 30.3 Å². The molecule has 0 bridgehead atoms. The van der Waals surface area contributed by atoms with Crippen molar-refractivity contribution in [2.24, 2.45) is 0 Å². The van der Waals surface area contributed by atoms with Crippen LogP contribution in [0.15, 0.2) is 73.3 Å². The van der Waals surface area contributed by atoms with Crippen LogP contribution in [0.3, 0.4) is 0 Å². The minimum atomic E-state index is 0.205. The third-order valence-corrected chi connectivity index (χ3v) is 5.51. The highest BCUT2D eigenvalue weighted by atomic mass is 15.3. The molecule has 0 atom stereocenters. The van der Waals surface area contributed by atoms with Gasteiger partial charge in [0.15, 0.2) is 17.3 Å². The first-order chi connectivity index (χ1) is 16.7. The zero-order valence-electron chi connectivity index (χ0n) is 17.7. The van der Waals surface area contributed by atoms with Crippen LogP contribution in [0.4, 0.5) is 5.82 Å². The van der Waals surface area contributed by atoms with Crippen molar-refractivity contribution >= 4 is 17.0 Å². The summed E-state index contributed by atoms with van der Waals surface area (Å²) >= 11 is 0. The van der Waals surface area contributed by atoms with Gasteiger partial charge >= 0.3 is 0 Å². The Labute approximate surface area is 193 Å². The normalized spacial score (nSPS) is 11.1. The lowest BCUT2D eigenvalue weighted by Gasteiger charge is -2.12. The van der Waals surface area contributed by atoms with Gasteiger partial charge < -0.3 is 5.73 Å². The molecule has 162 valence electrons. The van der Waals surface area contributed by atoms with E-state index in [2.05, 4.69) is 31.1 Å². The lowest BCUT2D eigenvalue weighted by Crippen LogP contribution is -2.06. The van der Waals surface area contributed by atoms with Gasteiger partial charge in [-0.2, -0.15) is 15.5 Å². The van der Waals surface area contributed by atoms with Crippen LogP contribution < -0.4 is 5.73 Å². The van der Waals surface area contributed by atoms with Gasteiger partial charge in [0, 0.05) is 18.0 Å². The number of nitrogen functional groups attached to an aromatic ring is 1. The number of hydrogen-bond donors (Lipinski definition) is 1. The van der Waals surface area contributed by atoms with Crippen molar-refractivity contribution < 1.29 is 0 Å². The van der Waals surface area contributed by atoms with Gasteiger partial charge in [0.1, 0.15) is 17.7 Å². The average molecular weight is 444 g/mol. The van der Waals surface area contributed by atoms with Crippen LogP contribution in [-0.2, 0) is 6.42 Å². The zero-order chi connectivity index (χ0) is 23.1. The highest BCUT2D eigenvalue weighted by molar-refractivity contribution is 5.83. The van der Waals surface area contributed by atoms with Gasteiger partial charge in [-0.1, -0.05) is 24.3 Å². The summed E-state index contributed by atoms with van der Waals surface area (Å²) in [6, 6.07) is 19.1. The van der Waals surface area contributed by atoms with E-state index in [1.807, 2.05) is 40.9 Å². The molecule has 2 N–H and O–H groups in total. The fourth-order valence-electron chi connectivity index (χ4n) is 4.01. The number of rotatable bonds is 4. The van der Waals surface area contributed by atoms with Crippen LogP contribution in [-0.4, -0.2) is 39.2 Å². The van der Waals surface area contributed by atoms with E-state index in [-0.39, 0.29) is 5.82 Å². The molecule has 0 unspecified atom stereocenters. The first kappa shape index (κ1) is 19.5. The molecule has 0 aliphatic carbocycles. The van der Waals surface area contributed by atoms with E-state index in [9.17, 15) is 5.26 Å². The molecule has 34 heavy (non-hydrogen) atoms. The number of aromatic nitrogens is 8. The lowest BCUT2D eigenvalue weighted by molar-refractivity contribution is 0.834. The number of anilines is 1. The molecule has 0 fully saturated rings. The molecular formula is C24H16N10. The van der Waals surface area contributed by atoms with Gasteiger partial charge in [-0.15, -0.1) is 0 Å². The van der Waals surface area contributed by atoms with Crippen LogP contribution in [0.5, 0.6) is 0 Å². The molecule has 1 aromatic carbocycles. The van der Waals surface area contributed by atoms with Gasteiger partial charge in [0.25, 0.3) is 0 Å². The summed E-state index contributed by atoms with van der Waals surface area (Å²) in [5.41, 5.74) is 11.4. The Bertz CT molecular complexity index is 1710. The molecule has 0 saturated carbocycles. The van der Waals surface area contributed by atoms with Crippen molar-refractivity contribution in [2.75, 3.05) is 5.73 Å². The van der Waals surface area contributed by atoms with Gasteiger partial charge in [0.05, 0.1) is 35.0 Å². The third-order valence-electron chi connectivity index (χ3n) is 5.51. The maximum Gasteiger partial charge on any atom is 0.198 e. The van der Waals surface area contributed by atoms with E-state index < -0.39 is 0 Å². The first-order valence-corrected chi connectivity index (χ1v) is 10.5. The molecule has 6 aromatic rings. The highest BCUT2D eigenvalue weighted by Crippen LogP contribution is 2.33. The van der Waals surface area contributed by atoms with E-state index in [0.717, 1.165) is 11.2 Å². The second kappa shape index (κ2) is 7.75. The van der Waals surface area contributed by atoms with Gasteiger partial charge in [-0.25, -0.2) is 29.0 Å². The Kier molecular flexibility index (Phi) is 4.45. The fourth-order valence-corrected chi connectivity index (χ4v) is 4.01. The smallest absolute Gasteiger partial charge is 0.198 e. The minimum absolute atomic E-state index is 0.205. The highest BCUT2D eigenvalue weighted by Gasteiger charge is 2.22. The van der Waals surface area contributed by atoms with Crippen LogP contribution in [0, 0.1) is 11.3 Å². The van der Waals surface area contributed by atoms with Crippen LogP contribution in [0.1, 0.15) is 17.1 Å². The monoisotopic (exact) mass is 444 g/mol. The molecule has 0 spiro atoms. The Balaban J connectivity index is 1.60. The summed E-state index contributed by atoms with van der Waals surface area (Å²) in [4.78, 5) is 17.8. The number of pyridine rings is 1. The second-order valence-corrected chi connectivity index (χ2v) is 7.57. The lowest BCUT2D eigenvalue weighted by atomic mass is 10.0. The van der Waals surface area contributed by atoms with Crippen molar-refractivity contribution in [1.29, 1.82) is 5.26 Å². The molecule has 0 radical (unpaired) electrons. The van der Waals surface area contributed by atoms with Gasteiger partial charge in [0.2, 0.25) is 0 Å². The summed E-state index contributed by atoms with van der Waals surface area (Å²) in [6.45, 7) is 0. The predicted molar refractivity (Wildman–Crippen MR) is 124 cm³/mol. The minimum Gasteiger partial charge on any atom is -0.381 e. The molecule has 0 aliphatic heterocycles. The Morgan fingerprint density at radius 1 is 0.941 bits per heavy atom. The standard InChI is InChI=1S/C24H16N10/c25-13-15-4-1-2-7-18(15)21-22(19-9-10-27-14-28-19)34-24(23(26)31-21)30-20(32-34)12-17-6-3-5-16-8-11-29-33(16)17/h1-11,14H,12H2,(H2,26,31). The molecule has 10 heteroatoms. The summed E-state index contributed by atoms with van der Waals surface area (Å²) in [7, 11) is 0. The van der Waals surface area contributed by atoms with E-state index in [4.69, 9.17) is 10.8 Å². The molecule has 0 aliphatic rings. The van der Waals surface area contributed by atoms with Gasteiger partial charge in [-0.3, -0.25) is 0 Å². The number of nitrogens with zero attached hydrogens (tertiary/aromatic N) is 9. The summed E-state index contributed by atoms with van der Waals surface area (Å²) in [5.74, 6) is 0.758. The predicted octanol–water partition coefficient (Wildman–Crippen LogP) is 2.94. The van der Waals surface area contributed by atoms with Crippen molar-refractivity contribution in [3.8, 4) is 28.7 Å². The second-order valence-electron chi connectivity index (χ2n) is 7.57. The van der Waals surface area contributed by atoms with Crippen LogP contribution >= 0.6 is 0 Å². The zero-order valence-corrected chi connectivity index (χ0v) is 17.7. The SMILES string of the molecule is N#Cc1ccccc1-c1nc(N)c2nc(Cc3cccc4ccnn34)nn2c1-c1ccncn1. The molecule has 5 heterocycles. The third kappa shape index (κ3) is 3.11. The largest absolute Gasteiger partial charge is 0.381 e. The Morgan fingerprint density at radius 3 is 2.71 bits per heavy atom. The molecular weight excluding hydrogens is 428 g/mol. The maximum atomic E-state index is 9.68. The number of nitriles is 1. The number of hydrogen-bond acceptors (Lipinski definition) is 8. The van der Waals surface area contributed by atoms with Crippen LogP contribution in [0.25, 0.3) is 33.8 Å². The van der Waals surface area contributed by atoms with E-state index in [1.54, 1.807) is 35.1 Å². The fraction of sp³-hybridized carbons (Fsp3) is 0.0417. The van der Waals surface area contributed by atoms with Crippen molar-refractivity contribution in [3.63, 3.8) is 0 Å². The van der Waals surface area contributed by atoms with E-state index in [1.165, 1.54) is 6.33 Å². The Hall–Kier alpha value is -5.17. The molecule has 0 saturated heterocycles. The quantitative estimate of drug-likeness (QED) is 0.438. The molecule has 6 rings (SSSR count). The molecule has 10 nitrogen and oxygen atoms in total. The number of fused-ring (bicyclic) bond motifs is 2. The first-order valence-electron chi connectivity index (χ1n) is 10.5. The van der Waals surface area contributed by atoms with Crippen molar-refractivity contribution in [3.05, 3.63) is 90.4 Å². The molecule has 5 aromatic heterocycles. The average Bonchev–Trinajstić information content (AvgIpc) is 3.52. The van der Waals surface area contributed by atoms with E-state index >= 15 is 0 Å². The molecule has 0 amide bonds. The van der Waals surface area contributed by atoms with E-state index in [0.29, 0.717) is 46.1 Å². The summed E-state index contributed by atoms with van der Waals surface area (Å²) in [6.07, 6.45) is 5.28.